The number of halogens is 2. The second-order valence-electron chi connectivity index (χ2n) is 5.68. The minimum atomic E-state index is -1.24. The number of H-pyrrole nitrogens is 1. The highest BCUT2D eigenvalue weighted by Crippen LogP contribution is 2.22. The molecular weight excluding hydrogens is 356 g/mol. The number of hydrogen-bond donors (Lipinski definition) is 2. The van der Waals surface area contributed by atoms with Gasteiger partial charge in [0.25, 0.3) is 0 Å². The van der Waals surface area contributed by atoms with Crippen LogP contribution in [0.1, 0.15) is 23.1 Å². The zero-order valence-corrected chi connectivity index (χ0v) is 14.0. The second kappa shape index (κ2) is 7.25. The molecule has 0 aliphatic rings. The van der Waals surface area contributed by atoms with Crippen LogP contribution in [0.3, 0.4) is 0 Å². The van der Waals surface area contributed by atoms with Crippen molar-refractivity contribution in [1.82, 2.24) is 9.97 Å². The number of para-hydroxylation sites is 2. The van der Waals surface area contributed by atoms with E-state index >= 15 is 0 Å². The van der Waals surface area contributed by atoms with Crippen molar-refractivity contribution in [3.05, 3.63) is 71.2 Å². The fraction of sp³-hybridized carbons (Fsp3) is 0.105. The molecule has 2 N–H and O–H groups in total. The van der Waals surface area contributed by atoms with Crippen LogP contribution in [0.2, 0.25) is 0 Å². The van der Waals surface area contributed by atoms with E-state index in [1.807, 2.05) is 6.07 Å². The number of rotatable bonds is 4. The summed E-state index contributed by atoms with van der Waals surface area (Å²) in [5.74, 6) is -3.35. The number of allylic oxidation sites excluding steroid dienone is 1. The first-order valence-corrected chi connectivity index (χ1v) is 7.84. The minimum Gasteiger partial charge on any atom is -0.507 e. The summed E-state index contributed by atoms with van der Waals surface area (Å²) in [7, 11) is 0. The van der Waals surface area contributed by atoms with Gasteiger partial charge in [-0.15, -0.1) is 0 Å². The maximum atomic E-state index is 13.2. The molecule has 2 aromatic carbocycles. The Hall–Kier alpha value is -3.73. The Bertz CT molecular complexity index is 1050. The van der Waals surface area contributed by atoms with Gasteiger partial charge in [0.2, 0.25) is 0 Å². The number of ether oxygens (including phenoxy) is 1. The van der Waals surface area contributed by atoms with E-state index in [1.165, 1.54) is 6.92 Å². The largest absolute Gasteiger partial charge is 0.507 e. The lowest BCUT2D eigenvalue weighted by Crippen LogP contribution is -2.19. The van der Waals surface area contributed by atoms with Gasteiger partial charge in [-0.05, 0) is 31.2 Å². The number of carbonyl (C=O) groups excluding carboxylic acids is 1. The number of carbonyl (C=O) groups is 1. The van der Waals surface area contributed by atoms with E-state index in [-0.39, 0.29) is 17.0 Å². The summed E-state index contributed by atoms with van der Waals surface area (Å²) >= 11 is 0. The van der Waals surface area contributed by atoms with Crippen LogP contribution in [-0.4, -0.2) is 27.1 Å². The number of benzene rings is 2. The summed E-state index contributed by atoms with van der Waals surface area (Å²) in [5, 5.41) is 19.7. The van der Waals surface area contributed by atoms with Crippen LogP contribution in [0.15, 0.2) is 48.2 Å². The predicted molar refractivity (Wildman–Crippen MR) is 92.5 cm³/mol. The first-order chi connectivity index (χ1) is 12.9. The fourth-order valence-electron chi connectivity index (χ4n) is 2.46. The number of aliphatic hydroxyl groups is 1. The van der Waals surface area contributed by atoms with Crippen LogP contribution in [0.5, 0.6) is 0 Å². The van der Waals surface area contributed by atoms with E-state index in [0.29, 0.717) is 17.1 Å². The first kappa shape index (κ1) is 18.1. The maximum absolute atomic E-state index is 13.2. The Morgan fingerprint density at radius 1 is 1.26 bits per heavy atom. The summed E-state index contributed by atoms with van der Waals surface area (Å²) in [6.45, 7) is 1.32. The minimum absolute atomic E-state index is 0.107. The number of aromatic nitrogens is 2. The molecule has 0 aliphatic carbocycles. The van der Waals surface area contributed by atoms with E-state index < -0.39 is 29.5 Å². The van der Waals surface area contributed by atoms with Gasteiger partial charge < -0.3 is 14.8 Å². The summed E-state index contributed by atoms with van der Waals surface area (Å²) in [4.78, 5) is 19.2. The SMILES string of the molecule is C[C@H](OC(=O)c1cc(F)cc(F)c1)/C(O)=C(\C#N)c1nc2ccccc2[nH]1. The molecule has 1 aromatic heterocycles. The molecule has 27 heavy (non-hydrogen) atoms. The van der Waals surface area contributed by atoms with Gasteiger partial charge in [0, 0.05) is 6.07 Å². The Morgan fingerprint density at radius 3 is 2.56 bits per heavy atom. The molecule has 6 nitrogen and oxygen atoms in total. The van der Waals surface area contributed by atoms with Crippen LogP contribution in [0, 0.1) is 23.0 Å². The molecule has 0 saturated carbocycles. The van der Waals surface area contributed by atoms with Crippen LogP contribution in [-0.2, 0) is 4.74 Å². The zero-order valence-electron chi connectivity index (χ0n) is 14.0. The van der Waals surface area contributed by atoms with Gasteiger partial charge in [-0.1, -0.05) is 12.1 Å². The molecule has 0 aliphatic heterocycles. The van der Waals surface area contributed by atoms with E-state index in [0.717, 1.165) is 12.1 Å². The van der Waals surface area contributed by atoms with E-state index in [2.05, 4.69) is 9.97 Å². The van der Waals surface area contributed by atoms with Crippen molar-refractivity contribution in [3.8, 4) is 6.07 Å². The number of hydrogen-bond acceptors (Lipinski definition) is 5. The van der Waals surface area contributed by atoms with Crippen molar-refractivity contribution in [2.75, 3.05) is 0 Å². The highest BCUT2D eigenvalue weighted by molar-refractivity contribution is 5.90. The van der Waals surface area contributed by atoms with Crippen molar-refractivity contribution < 1.29 is 23.4 Å². The average Bonchev–Trinajstić information content (AvgIpc) is 3.04. The van der Waals surface area contributed by atoms with Crippen molar-refractivity contribution in [3.63, 3.8) is 0 Å². The number of nitriles is 1. The Labute approximate surface area is 152 Å². The smallest absolute Gasteiger partial charge is 0.339 e. The number of nitrogens with zero attached hydrogens (tertiary/aromatic N) is 2. The first-order valence-electron chi connectivity index (χ1n) is 7.84. The van der Waals surface area contributed by atoms with Crippen LogP contribution in [0.25, 0.3) is 16.6 Å². The number of imidazole rings is 1. The fourth-order valence-corrected chi connectivity index (χ4v) is 2.46. The molecule has 1 heterocycles. The third-order valence-corrected chi connectivity index (χ3v) is 3.76. The van der Waals surface area contributed by atoms with Crippen LogP contribution >= 0.6 is 0 Å². The van der Waals surface area contributed by atoms with Gasteiger partial charge in [0.05, 0.1) is 16.6 Å². The quantitative estimate of drug-likeness (QED) is 0.413. The molecule has 0 radical (unpaired) electrons. The van der Waals surface area contributed by atoms with Crippen molar-refractivity contribution in [2.24, 2.45) is 0 Å². The molecule has 8 heteroatoms. The molecule has 0 spiro atoms. The molecule has 0 fully saturated rings. The Morgan fingerprint density at radius 2 is 1.93 bits per heavy atom. The third-order valence-electron chi connectivity index (χ3n) is 3.76. The van der Waals surface area contributed by atoms with Gasteiger partial charge in [-0.25, -0.2) is 18.6 Å². The highest BCUT2D eigenvalue weighted by Gasteiger charge is 2.22. The van der Waals surface area contributed by atoms with E-state index in [9.17, 15) is 23.9 Å². The molecular formula is C19H13F2N3O3. The second-order valence-corrected chi connectivity index (χ2v) is 5.68. The van der Waals surface area contributed by atoms with Gasteiger partial charge in [-0.3, -0.25) is 0 Å². The molecule has 0 unspecified atom stereocenters. The van der Waals surface area contributed by atoms with Gasteiger partial charge in [0.15, 0.2) is 17.7 Å². The lowest BCUT2D eigenvalue weighted by molar-refractivity contribution is 0.0333. The van der Waals surface area contributed by atoms with Crippen molar-refractivity contribution in [2.45, 2.75) is 13.0 Å². The normalized spacial score (nSPS) is 13.0. The maximum Gasteiger partial charge on any atom is 0.339 e. The molecule has 0 amide bonds. The summed E-state index contributed by atoms with van der Waals surface area (Å²) < 4.78 is 31.5. The molecule has 3 rings (SSSR count). The molecule has 1 atom stereocenters. The van der Waals surface area contributed by atoms with Crippen LogP contribution in [0.4, 0.5) is 8.78 Å². The van der Waals surface area contributed by atoms with Gasteiger partial charge >= 0.3 is 5.97 Å². The van der Waals surface area contributed by atoms with Gasteiger partial charge in [-0.2, -0.15) is 5.26 Å². The average molecular weight is 369 g/mol. The van der Waals surface area contributed by atoms with E-state index in [4.69, 9.17) is 4.74 Å². The number of aliphatic hydroxyl groups excluding tert-OH is 1. The van der Waals surface area contributed by atoms with Crippen LogP contribution < -0.4 is 0 Å². The predicted octanol–water partition coefficient (Wildman–Crippen LogP) is 3.88. The number of nitrogens with one attached hydrogen (secondary N) is 1. The van der Waals surface area contributed by atoms with Crippen molar-refractivity contribution in [1.29, 1.82) is 5.26 Å². The van der Waals surface area contributed by atoms with E-state index in [1.54, 1.807) is 24.3 Å². The lowest BCUT2D eigenvalue weighted by Gasteiger charge is -2.13. The lowest BCUT2D eigenvalue weighted by atomic mass is 10.1. The highest BCUT2D eigenvalue weighted by atomic mass is 19.1. The molecule has 0 bridgehead atoms. The van der Waals surface area contributed by atoms with Crippen molar-refractivity contribution >= 4 is 22.6 Å². The zero-order chi connectivity index (χ0) is 19.6. The standard InChI is InChI=1S/C19H13F2N3O3/c1-10(27-19(26)11-6-12(20)8-13(21)7-11)17(25)14(9-22)18-23-15-4-2-3-5-16(15)24-18/h2-8,10,25H,1H3,(H,23,24)/b17-14-/t10-/m0/s1. The summed E-state index contributed by atoms with van der Waals surface area (Å²) in [6.07, 6.45) is -1.24. The number of fused-ring (bicyclic) bond motifs is 1. The number of esters is 1. The topological polar surface area (TPSA) is 99.0 Å². The summed E-state index contributed by atoms with van der Waals surface area (Å²) in [6, 6.07) is 11.1. The summed E-state index contributed by atoms with van der Waals surface area (Å²) in [5.41, 5.74) is 0.687. The third kappa shape index (κ3) is 3.77. The molecule has 0 saturated heterocycles. The monoisotopic (exact) mass is 369 g/mol. The van der Waals surface area contributed by atoms with Gasteiger partial charge in [0.1, 0.15) is 23.3 Å². The molecule has 3 aromatic rings. The Balaban J connectivity index is 1.88. The number of aromatic amines is 1. The molecule has 136 valence electrons. The Kier molecular flexibility index (Phi) is 4.86.